The molecule has 0 saturated heterocycles. The van der Waals surface area contributed by atoms with Crippen LogP contribution >= 0.6 is 0 Å². The van der Waals surface area contributed by atoms with E-state index in [-0.39, 0.29) is 12.5 Å². The first kappa shape index (κ1) is 12.8. The second-order valence-electron chi connectivity index (χ2n) is 4.71. The number of allylic oxidation sites excluding steroid dienone is 1. The molecule has 0 spiro atoms. The number of rotatable bonds is 4. The Morgan fingerprint density at radius 2 is 2.22 bits per heavy atom. The number of aryl methyl sites for hydroxylation is 1. The predicted molar refractivity (Wildman–Crippen MR) is 66.6 cm³/mol. The smallest absolute Gasteiger partial charge is 0.246 e. The predicted octanol–water partition coefficient (Wildman–Crippen LogP) is 2.13. The van der Waals surface area contributed by atoms with E-state index in [1.165, 1.54) is 32.1 Å². The highest BCUT2D eigenvalue weighted by Crippen LogP contribution is 2.24. The summed E-state index contributed by atoms with van der Waals surface area (Å²) in [7, 11) is 0. The molecule has 1 fully saturated rings. The Kier molecular flexibility index (Phi) is 4.50. The number of carbonyl (C=O) groups is 1. The highest BCUT2D eigenvalue weighted by molar-refractivity contribution is 5.87. The average Bonchev–Trinajstić information content (AvgIpc) is 2.81. The minimum Gasteiger partial charge on any atom is -0.343 e. The largest absolute Gasteiger partial charge is 0.343 e. The monoisotopic (exact) mass is 249 g/mol. The summed E-state index contributed by atoms with van der Waals surface area (Å²) in [6.45, 7) is 2.03. The van der Waals surface area contributed by atoms with Gasteiger partial charge in [0.2, 0.25) is 11.8 Å². The molecule has 1 aromatic rings. The van der Waals surface area contributed by atoms with Gasteiger partial charge in [-0.25, -0.2) is 0 Å². The summed E-state index contributed by atoms with van der Waals surface area (Å²) in [5, 5.41) is 6.39. The number of amides is 1. The maximum Gasteiger partial charge on any atom is 0.246 e. The Morgan fingerprint density at radius 1 is 1.44 bits per heavy atom. The summed E-state index contributed by atoms with van der Waals surface area (Å²) >= 11 is 0. The molecule has 5 heteroatoms. The van der Waals surface area contributed by atoms with E-state index in [0.717, 1.165) is 0 Å². The Hall–Kier alpha value is -1.65. The van der Waals surface area contributed by atoms with Gasteiger partial charge in [-0.15, -0.1) is 0 Å². The van der Waals surface area contributed by atoms with Crippen molar-refractivity contribution in [2.75, 3.05) is 0 Å². The summed E-state index contributed by atoms with van der Waals surface area (Å²) in [5.74, 6) is 1.48. The van der Waals surface area contributed by atoms with Crippen LogP contribution in [0.15, 0.2) is 16.7 Å². The van der Waals surface area contributed by atoms with Crippen LogP contribution in [-0.2, 0) is 11.3 Å². The molecule has 2 rings (SSSR count). The molecule has 1 heterocycles. The first-order valence-electron chi connectivity index (χ1n) is 6.49. The summed E-state index contributed by atoms with van der Waals surface area (Å²) in [4.78, 5) is 15.6. The number of hydrogen-bond acceptors (Lipinski definition) is 4. The van der Waals surface area contributed by atoms with E-state index in [4.69, 9.17) is 4.52 Å². The molecule has 0 aliphatic heterocycles. The first-order chi connectivity index (χ1) is 8.74. The van der Waals surface area contributed by atoms with Gasteiger partial charge in [-0.1, -0.05) is 30.5 Å². The molecular weight excluding hydrogens is 230 g/mol. The third-order valence-electron chi connectivity index (χ3n) is 3.15. The van der Waals surface area contributed by atoms with Crippen LogP contribution < -0.4 is 5.32 Å². The zero-order chi connectivity index (χ0) is 12.8. The molecule has 0 atom stereocenters. The van der Waals surface area contributed by atoms with E-state index in [9.17, 15) is 4.79 Å². The van der Waals surface area contributed by atoms with Crippen molar-refractivity contribution in [3.05, 3.63) is 23.9 Å². The fraction of sp³-hybridized carbons (Fsp3) is 0.615. The van der Waals surface area contributed by atoms with Gasteiger partial charge in [0.15, 0.2) is 5.82 Å². The SMILES string of the molecule is Cc1noc(CNC(=O)/C=C\C2CCCCC2)n1. The Labute approximate surface area is 107 Å². The Bertz CT molecular complexity index is 420. The van der Waals surface area contributed by atoms with Gasteiger partial charge >= 0.3 is 0 Å². The lowest BCUT2D eigenvalue weighted by Crippen LogP contribution is -2.20. The molecule has 0 bridgehead atoms. The molecule has 1 saturated carbocycles. The first-order valence-corrected chi connectivity index (χ1v) is 6.49. The minimum atomic E-state index is -0.101. The second-order valence-corrected chi connectivity index (χ2v) is 4.71. The molecular formula is C13H19N3O2. The second kappa shape index (κ2) is 6.33. The van der Waals surface area contributed by atoms with Crippen LogP contribution in [0.2, 0.25) is 0 Å². The third kappa shape index (κ3) is 3.98. The topological polar surface area (TPSA) is 68.0 Å². The Balaban J connectivity index is 1.72. The lowest BCUT2D eigenvalue weighted by Gasteiger charge is -2.17. The molecule has 1 amide bonds. The molecule has 0 unspecified atom stereocenters. The van der Waals surface area contributed by atoms with Crippen molar-refractivity contribution in [3.63, 3.8) is 0 Å². The molecule has 1 aliphatic rings. The third-order valence-corrected chi connectivity index (χ3v) is 3.15. The highest BCUT2D eigenvalue weighted by Gasteiger charge is 2.10. The number of nitrogens with zero attached hydrogens (tertiary/aromatic N) is 2. The molecule has 0 aromatic carbocycles. The highest BCUT2D eigenvalue weighted by atomic mass is 16.5. The van der Waals surface area contributed by atoms with Crippen LogP contribution in [0.4, 0.5) is 0 Å². The van der Waals surface area contributed by atoms with E-state index in [1.54, 1.807) is 13.0 Å². The van der Waals surface area contributed by atoms with Crippen molar-refractivity contribution >= 4 is 5.91 Å². The summed E-state index contributed by atoms with van der Waals surface area (Å²) in [5.41, 5.74) is 0. The molecule has 1 aliphatic carbocycles. The minimum absolute atomic E-state index is 0.101. The van der Waals surface area contributed by atoms with E-state index in [1.807, 2.05) is 6.08 Å². The molecule has 98 valence electrons. The number of aromatic nitrogens is 2. The van der Waals surface area contributed by atoms with Crippen molar-refractivity contribution < 1.29 is 9.32 Å². The molecule has 0 radical (unpaired) electrons. The molecule has 1 N–H and O–H groups in total. The fourth-order valence-electron chi connectivity index (χ4n) is 2.18. The molecule has 5 nitrogen and oxygen atoms in total. The number of carbonyl (C=O) groups excluding carboxylic acids is 1. The van der Waals surface area contributed by atoms with Crippen molar-refractivity contribution in [1.29, 1.82) is 0 Å². The standard InChI is InChI=1S/C13H19N3O2/c1-10-15-13(18-16-10)9-14-12(17)8-7-11-5-3-2-4-6-11/h7-8,11H,2-6,9H2,1H3,(H,14,17)/b8-7-. The Morgan fingerprint density at radius 3 is 2.89 bits per heavy atom. The van der Waals surface area contributed by atoms with E-state index >= 15 is 0 Å². The van der Waals surface area contributed by atoms with Gasteiger partial charge in [-0.3, -0.25) is 4.79 Å². The maximum atomic E-state index is 11.6. The average molecular weight is 249 g/mol. The van der Waals surface area contributed by atoms with Crippen molar-refractivity contribution in [1.82, 2.24) is 15.5 Å². The van der Waals surface area contributed by atoms with Crippen molar-refractivity contribution in [2.24, 2.45) is 5.92 Å². The lowest BCUT2D eigenvalue weighted by atomic mass is 9.89. The van der Waals surface area contributed by atoms with Crippen LogP contribution in [0.25, 0.3) is 0 Å². The van der Waals surface area contributed by atoms with Crippen LogP contribution in [-0.4, -0.2) is 16.0 Å². The van der Waals surface area contributed by atoms with Gasteiger partial charge in [-0.2, -0.15) is 4.98 Å². The van der Waals surface area contributed by atoms with Crippen LogP contribution in [0.3, 0.4) is 0 Å². The van der Waals surface area contributed by atoms with E-state index in [0.29, 0.717) is 17.6 Å². The van der Waals surface area contributed by atoms with Gasteiger partial charge in [0.25, 0.3) is 0 Å². The van der Waals surface area contributed by atoms with Crippen molar-refractivity contribution in [3.8, 4) is 0 Å². The van der Waals surface area contributed by atoms with E-state index < -0.39 is 0 Å². The maximum absolute atomic E-state index is 11.6. The summed E-state index contributed by atoms with van der Waals surface area (Å²) in [6, 6.07) is 0. The van der Waals surface area contributed by atoms with Gasteiger partial charge in [0.1, 0.15) is 0 Å². The molecule has 1 aromatic heterocycles. The summed E-state index contributed by atoms with van der Waals surface area (Å²) in [6.07, 6.45) is 9.93. The zero-order valence-corrected chi connectivity index (χ0v) is 10.7. The number of hydrogen-bond donors (Lipinski definition) is 1. The van der Waals surface area contributed by atoms with Gasteiger partial charge in [-0.05, 0) is 31.8 Å². The quantitative estimate of drug-likeness (QED) is 0.830. The van der Waals surface area contributed by atoms with Gasteiger partial charge in [0.05, 0.1) is 6.54 Å². The number of nitrogens with one attached hydrogen (secondary N) is 1. The zero-order valence-electron chi connectivity index (χ0n) is 10.7. The van der Waals surface area contributed by atoms with Gasteiger partial charge < -0.3 is 9.84 Å². The van der Waals surface area contributed by atoms with Crippen LogP contribution in [0.1, 0.15) is 43.8 Å². The lowest BCUT2D eigenvalue weighted by molar-refractivity contribution is -0.116. The fourth-order valence-corrected chi connectivity index (χ4v) is 2.18. The van der Waals surface area contributed by atoms with Crippen LogP contribution in [0, 0.1) is 12.8 Å². The summed E-state index contributed by atoms with van der Waals surface area (Å²) < 4.78 is 4.91. The van der Waals surface area contributed by atoms with Gasteiger partial charge in [0, 0.05) is 0 Å². The molecule has 18 heavy (non-hydrogen) atoms. The van der Waals surface area contributed by atoms with Crippen molar-refractivity contribution in [2.45, 2.75) is 45.6 Å². The van der Waals surface area contributed by atoms with Crippen LogP contribution in [0.5, 0.6) is 0 Å². The van der Waals surface area contributed by atoms with E-state index in [2.05, 4.69) is 15.5 Å². The normalized spacial score (nSPS) is 17.2.